The van der Waals surface area contributed by atoms with Crippen molar-refractivity contribution in [1.29, 1.82) is 0 Å². The molecule has 0 bridgehead atoms. The van der Waals surface area contributed by atoms with E-state index in [0.29, 0.717) is 19.5 Å². The number of β-amino-alcohol motifs (C(OH)–C–C–N with tert-alkyl or cyclic N) is 1. The third kappa shape index (κ3) is 4.27. The molecule has 0 aromatic carbocycles. The summed E-state index contributed by atoms with van der Waals surface area (Å²) in [4.78, 5) is 13.3. The summed E-state index contributed by atoms with van der Waals surface area (Å²) in [6.07, 6.45) is -0.233. The molecular formula is C13H21NO3. The highest BCUT2D eigenvalue weighted by molar-refractivity contribution is 5.68. The smallest absolute Gasteiger partial charge is 0.410 e. The van der Waals surface area contributed by atoms with Gasteiger partial charge >= 0.3 is 6.09 Å². The maximum atomic E-state index is 11.8. The SMILES string of the molecule is CC#CC[C@@H]1CN(C(=O)OC(C)(C)C)C[C@H]1O. The maximum absolute atomic E-state index is 11.8. The topological polar surface area (TPSA) is 49.8 Å². The summed E-state index contributed by atoms with van der Waals surface area (Å²) in [5.41, 5.74) is -0.497. The van der Waals surface area contributed by atoms with Crippen LogP contribution in [-0.2, 0) is 4.74 Å². The molecule has 0 saturated carbocycles. The predicted octanol–water partition coefficient (Wildman–Crippen LogP) is 1.63. The van der Waals surface area contributed by atoms with Crippen molar-refractivity contribution in [3.05, 3.63) is 0 Å². The fourth-order valence-electron chi connectivity index (χ4n) is 1.76. The summed E-state index contributed by atoms with van der Waals surface area (Å²) in [6.45, 7) is 8.12. The van der Waals surface area contributed by atoms with Gasteiger partial charge in [0.2, 0.25) is 0 Å². The molecule has 0 spiro atoms. The van der Waals surface area contributed by atoms with E-state index in [0.717, 1.165) is 0 Å². The Labute approximate surface area is 103 Å². The van der Waals surface area contributed by atoms with E-state index in [9.17, 15) is 9.90 Å². The minimum atomic E-state index is -0.497. The molecule has 96 valence electrons. The van der Waals surface area contributed by atoms with Gasteiger partial charge in [0.1, 0.15) is 5.60 Å². The molecule has 4 nitrogen and oxygen atoms in total. The van der Waals surface area contributed by atoms with Crippen LogP contribution in [0.15, 0.2) is 0 Å². The molecule has 1 fully saturated rings. The van der Waals surface area contributed by atoms with E-state index >= 15 is 0 Å². The van der Waals surface area contributed by atoms with Crippen molar-refractivity contribution in [1.82, 2.24) is 4.90 Å². The number of hydrogen-bond acceptors (Lipinski definition) is 3. The van der Waals surface area contributed by atoms with Gasteiger partial charge < -0.3 is 14.7 Å². The molecule has 0 radical (unpaired) electrons. The summed E-state index contributed by atoms with van der Waals surface area (Å²) < 4.78 is 5.26. The Morgan fingerprint density at radius 3 is 2.65 bits per heavy atom. The molecule has 2 atom stereocenters. The van der Waals surface area contributed by atoms with Crippen molar-refractivity contribution in [3.63, 3.8) is 0 Å². The van der Waals surface area contributed by atoms with Gasteiger partial charge in [0.25, 0.3) is 0 Å². The molecule has 1 saturated heterocycles. The molecule has 0 unspecified atom stereocenters. The number of nitrogens with zero attached hydrogens (tertiary/aromatic N) is 1. The van der Waals surface area contributed by atoms with Crippen molar-refractivity contribution in [3.8, 4) is 11.8 Å². The number of carbonyl (C=O) groups is 1. The molecule has 1 amide bonds. The number of amides is 1. The Morgan fingerprint density at radius 1 is 1.47 bits per heavy atom. The van der Waals surface area contributed by atoms with E-state index in [2.05, 4.69) is 11.8 Å². The minimum Gasteiger partial charge on any atom is -0.444 e. The summed E-state index contributed by atoms with van der Waals surface area (Å²) >= 11 is 0. The lowest BCUT2D eigenvalue weighted by Crippen LogP contribution is -2.35. The van der Waals surface area contributed by atoms with Gasteiger partial charge in [0, 0.05) is 18.9 Å². The van der Waals surface area contributed by atoms with Crippen molar-refractivity contribution in [2.75, 3.05) is 13.1 Å². The van der Waals surface area contributed by atoms with Crippen LogP contribution in [0.3, 0.4) is 0 Å². The first-order valence-electron chi connectivity index (χ1n) is 5.89. The van der Waals surface area contributed by atoms with Crippen molar-refractivity contribution < 1.29 is 14.6 Å². The minimum absolute atomic E-state index is 0.0370. The Hall–Kier alpha value is -1.21. The Bertz CT molecular complexity index is 335. The zero-order valence-corrected chi connectivity index (χ0v) is 11.0. The van der Waals surface area contributed by atoms with Crippen LogP contribution in [0.25, 0.3) is 0 Å². The zero-order valence-electron chi connectivity index (χ0n) is 11.0. The summed E-state index contributed by atoms with van der Waals surface area (Å²) in [5, 5.41) is 9.82. The van der Waals surface area contributed by atoms with Crippen LogP contribution in [0.2, 0.25) is 0 Å². The molecule has 1 rings (SSSR count). The quantitative estimate of drug-likeness (QED) is 0.707. The van der Waals surface area contributed by atoms with E-state index in [4.69, 9.17) is 4.74 Å². The second kappa shape index (κ2) is 5.42. The van der Waals surface area contributed by atoms with Crippen molar-refractivity contribution in [2.45, 2.75) is 45.8 Å². The van der Waals surface area contributed by atoms with E-state index in [-0.39, 0.29) is 12.0 Å². The number of aliphatic hydroxyl groups is 1. The van der Waals surface area contributed by atoms with Gasteiger partial charge in [-0.2, -0.15) is 0 Å². The number of aliphatic hydroxyl groups excluding tert-OH is 1. The number of likely N-dealkylation sites (tertiary alicyclic amines) is 1. The van der Waals surface area contributed by atoms with Crippen LogP contribution >= 0.6 is 0 Å². The number of carbonyl (C=O) groups excluding carboxylic acids is 1. The molecule has 0 aromatic heterocycles. The average Bonchev–Trinajstić information content (AvgIpc) is 2.54. The fourth-order valence-corrected chi connectivity index (χ4v) is 1.76. The van der Waals surface area contributed by atoms with E-state index in [1.54, 1.807) is 11.8 Å². The first-order chi connectivity index (χ1) is 7.83. The van der Waals surface area contributed by atoms with Crippen molar-refractivity contribution in [2.24, 2.45) is 5.92 Å². The highest BCUT2D eigenvalue weighted by Crippen LogP contribution is 2.22. The van der Waals surface area contributed by atoms with Gasteiger partial charge in [-0.25, -0.2) is 4.79 Å². The maximum Gasteiger partial charge on any atom is 0.410 e. The highest BCUT2D eigenvalue weighted by Gasteiger charge is 2.35. The highest BCUT2D eigenvalue weighted by atomic mass is 16.6. The summed E-state index contributed by atoms with van der Waals surface area (Å²) in [5.74, 6) is 5.78. The summed E-state index contributed by atoms with van der Waals surface area (Å²) in [6, 6.07) is 0. The second-order valence-corrected chi connectivity index (χ2v) is 5.34. The fraction of sp³-hybridized carbons (Fsp3) is 0.769. The molecule has 1 aliphatic rings. The Morgan fingerprint density at radius 2 is 2.12 bits per heavy atom. The van der Waals surface area contributed by atoms with Crippen LogP contribution < -0.4 is 0 Å². The van der Waals surface area contributed by atoms with E-state index in [1.807, 2.05) is 20.8 Å². The zero-order chi connectivity index (χ0) is 13.1. The van der Waals surface area contributed by atoms with Gasteiger partial charge in [-0.05, 0) is 27.7 Å². The molecule has 4 heteroatoms. The van der Waals surface area contributed by atoms with Gasteiger partial charge in [-0.1, -0.05) is 0 Å². The largest absolute Gasteiger partial charge is 0.444 e. The lowest BCUT2D eigenvalue weighted by molar-refractivity contribution is 0.0270. The Kier molecular flexibility index (Phi) is 4.41. The summed E-state index contributed by atoms with van der Waals surface area (Å²) in [7, 11) is 0. The third-order valence-electron chi connectivity index (χ3n) is 2.60. The lowest BCUT2D eigenvalue weighted by atomic mass is 10.0. The van der Waals surface area contributed by atoms with Crippen LogP contribution in [0.1, 0.15) is 34.1 Å². The molecule has 1 N–H and O–H groups in total. The van der Waals surface area contributed by atoms with Gasteiger partial charge in [-0.3, -0.25) is 0 Å². The van der Waals surface area contributed by atoms with E-state index < -0.39 is 11.7 Å². The molecule has 0 aliphatic carbocycles. The first kappa shape index (κ1) is 13.9. The van der Waals surface area contributed by atoms with Gasteiger partial charge in [0.15, 0.2) is 0 Å². The van der Waals surface area contributed by atoms with Crippen LogP contribution in [-0.4, -0.2) is 40.9 Å². The molecular weight excluding hydrogens is 218 g/mol. The molecule has 0 aromatic rings. The lowest BCUT2D eigenvalue weighted by Gasteiger charge is -2.24. The normalized spacial score (nSPS) is 24.2. The van der Waals surface area contributed by atoms with Gasteiger partial charge in [-0.15, -0.1) is 11.8 Å². The van der Waals surface area contributed by atoms with Gasteiger partial charge in [0.05, 0.1) is 12.6 Å². The molecule has 1 aliphatic heterocycles. The molecule has 17 heavy (non-hydrogen) atoms. The van der Waals surface area contributed by atoms with E-state index in [1.165, 1.54) is 0 Å². The van der Waals surface area contributed by atoms with Crippen LogP contribution in [0, 0.1) is 17.8 Å². The van der Waals surface area contributed by atoms with Crippen LogP contribution in [0.4, 0.5) is 4.79 Å². The number of ether oxygens (including phenoxy) is 1. The second-order valence-electron chi connectivity index (χ2n) is 5.34. The standard InChI is InChI=1S/C13H21NO3/c1-5-6-7-10-8-14(9-11(10)15)12(16)17-13(2,3)4/h10-11,15H,7-9H2,1-4H3/t10-,11-/m1/s1. The number of hydrogen-bond donors (Lipinski definition) is 1. The van der Waals surface area contributed by atoms with Crippen LogP contribution in [0.5, 0.6) is 0 Å². The molecule has 1 heterocycles. The first-order valence-corrected chi connectivity index (χ1v) is 5.89. The Balaban J connectivity index is 2.52. The monoisotopic (exact) mass is 239 g/mol. The number of rotatable bonds is 1. The predicted molar refractivity (Wildman–Crippen MR) is 65.4 cm³/mol. The third-order valence-corrected chi connectivity index (χ3v) is 2.60. The van der Waals surface area contributed by atoms with Crippen molar-refractivity contribution >= 4 is 6.09 Å². The average molecular weight is 239 g/mol.